The number of carbonyl (C=O) groups is 2. The van der Waals surface area contributed by atoms with Crippen LogP contribution in [0.4, 0.5) is 4.79 Å². The quantitative estimate of drug-likeness (QED) is 0.559. The van der Waals surface area contributed by atoms with Crippen LogP contribution in [0.3, 0.4) is 0 Å². The van der Waals surface area contributed by atoms with Crippen LogP contribution < -0.4 is 16.4 Å². The predicted octanol–water partition coefficient (Wildman–Crippen LogP) is 3.46. The molecule has 0 aliphatic carbocycles. The second-order valence-electron chi connectivity index (χ2n) is 7.25. The van der Waals surface area contributed by atoms with E-state index in [4.69, 9.17) is 5.73 Å². The predicted molar refractivity (Wildman–Crippen MR) is 116 cm³/mol. The van der Waals surface area contributed by atoms with Gasteiger partial charge >= 0.3 is 6.03 Å². The summed E-state index contributed by atoms with van der Waals surface area (Å²) in [6, 6.07) is 20.5. The van der Waals surface area contributed by atoms with Crippen molar-refractivity contribution in [3.8, 4) is 0 Å². The van der Waals surface area contributed by atoms with Crippen molar-refractivity contribution in [2.75, 3.05) is 0 Å². The first kappa shape index (κ1) is 20.8. The van der Waals surface area contributed by atoms with Crippen molar-refractivity contribution in [2.45, 2.75) is 31.8 Å². The van der Waals surface area contributed by atoms with E-state index in [0.29, 0.717) is 5.92 Å². The summed E-state index contributed by atoms with van der Waals surface area (Å²) in [5.74, 6) is 0.0238. The van der Waals surface area contributed by atoms with Crippen molar-refractivity contribution < 1.29 is 14.9 Å². The van der Waals surface area contributed by atoms with Crippen LogP contribution in [0.25, 0.3) is 0 Å². The van der Waals surface area contributed by atoms with E-state index in [-0.39, 0.29) is 6.04 Å². The number of hydrogen-bond donors (Lipinski definition) is 3. The highest BCUT2D eigenvalue weighted by atomic mass is 32.1. The lowest BCUT2D eigenvalue weighted by molar-refractivity contribution is -0.713. The third-order valence-electron chi connectivity index (χ3n) is 4.88. The zero-order chi connectivity index (χ0) is 20.8. The molecule has 0 radical (unpaired) electrons. The number of urea groups is 1. The molecule has 0 aliphatic rings. The van der Waals surface area contributed by atoms with Gasteiger partial charge in [0, 0.05) is 11.1 Å². The van der Waals surface area contributed by atoms with E-state index >= 15 is 0 Å². The lowest BCUT2D eigenvalue weighted by Gasteiger charge is -2.22. The first-order valence-corrected chi connectivity index (χ1v) is 10.5. The monoisotopic (exact) mass is 408 g/mol. The zero-order valence-electron chi connectivity index (χ0n) is 16.5. The van der Waals surface area contributed by atoms with E-state index in [0.717, 1.165) is 16.0 Å². The van der Waals surface area contributed by atoms with Gasteiger partial charge in [-0.15, -0.1) is 11.3 Å². The van der Waals surface area contributed by atoms with E-state index in [1.54, 1.807) is 11.3 Å². The summed E-state index contributed by atoms with van der Waals surface area (Å²) in [4.78, 5) is 25.2. The number of hydrogen-bond acceptors (Lipinski definition) is 3. The van der Waals surface area contributed by atoms with Crippen molar-refractivity contribution >= 4 is 23.3 Å². The summed E-state index contributed by atoms with van der Waals surface area (Å²) in [5.41, 5.74) is 8.39. The van der Waals surface area contributed by atoms with Gasteiger partial charge in [-0.3, -0.25) is 10.1 Å². The third-order valence-corrected chi connectivity index (χ3v) is 5.84. The maximum atomic E-state index is 12.8. The van der Waals surface area contributed by atoms with Gasteiger partial charge in [0.25, 0.3) is 5.91 Å². The van der Waals surface area contributed by atoms with E-state index < -0.39 is 18.0 Å². The normalized spacial score (nSPS) is 13.1. The number of carbonyl (C=O) groups excluding carboxylic acids is 2. The molecule has 3 amide bonds. The molecule has 0 saturated heterocycles. The van der Waals surface area contributed by atoms with Crippen LogP contribution in [-0.4, -0.2) is 11.9 Å². The van der Waals surface area contributed by atoms with E-state index in [1.807, 2.05) is 47.1 Å². The standard InChI is InChI=1S/C23H25N3O2S/c1-15(2)16-10-12-18(13-11-16)20(19-9-6-14-29-19)25-21(22(27)26-23(24)28)17-7-4-3-5-8-17/h3-15,20-21,25H,1-2H3,(H3,24,26,27,28)/p+1/t20-,21+/m0/s1. The number of rotatable bonds is 7. The molecular formula is C23H26N3O2S+. The average Bonchev–Trinajstić information content (AvgIpc) is 3.23. The van der Waals surface area contributed by atoms with Crippen LogP contribution in [0.15, 0.2) is 72.1 Å². The topological polar surface area (TPSA) is 88.8 Å². The molecule has 6 heteroatoms. The summed E-state index contributed by atoms with van der Waals surface area (Å²) in [6.45, 7) is 4.33. The third kappa shape index (κ3) is 5.31. The Labute approximate surface area is 175 Å². The molecule has 0 saturated carbocycles. The van der Waals surface area contributed by atoms with Crippen LogP contribution in [0.1, 0.15) is 53.4 Å². The highest BCUT2D eigenvalue weighted by Crippen LogP contribution is 2.26. The molecule has 2 atom stereocenters. The van der Waals surface area contributed by atoms with E-state index in [9.17, 15) is 9.59 Å². The summed E-state index contributed by atoms with van der Waals surface area (Å²) in [7, 11) is 0. The fourth-order valence-corrected chi connectivity index (χ4v) is 4.16. The lowest BCUT2D eigenvalue weighted by atomic mass is 9.97. The number of thiophene rings is 1. The smallest absolute Gasteiger partial charge is 0.319 e. The first-order valence-electron chi connectivity index (χ1n) is 9.59. The van der Waals surface area contributed by atoms with Crippen LogP contribution in [0.2, 0.25) is 0 Å². The lowest BCUT2D eigenvalue weighted by Crippen LogP contribution is -2.88. The molecule has 2 aromatic carbocycles. The van der Waals surface area contributed by atoms with Crippen molar-refractivity contribution in [2.24, 2.45) is 5.73 Å². The minimum absolute atomic E-state index is 0.0833. The Balaban J connectivity index is 1.97. The summed E-state index contributed by atoms with van der Waals surface area (Å²) in [6.07, 6.45) is 0. The van der Waals surface area contributed by atoms with Gasteiger partial charge in [0.1, 0.15) is 6.04 Å². The number of amides is 3. The molecule has 1 aromatic heterocycles. The number of nitrogens with two attached hydrogens (primary N) is 2. The van der Waals surface area contributed by atoms with Crippen molar-refractivity contribution in [1.82, 2.24) is 5.32 Å². The Morgan fingerprint density at radius 2 is 1.55 bits per heavy atom. The highest BCUT2D eigenvalue weighted by molar-refractivity contribution is 7.10. The van der Waals surface area contributed by atoms with Gasteiger partial charge in [0.2, 0.25) is 0 Å². The Morgan fingerprint density at radius 1 is 0.897 bits per heavy atom. The molecule has 3 aromatic rings. The number of benzene rings is 2. The summed E-state index contributed by atoms with van der Waals surface area (Å²) < 4.78 is 0. The van der Waals surface area contributed by atoms with Crippen molar-refractivity contribution in [3.63, 3.8) is 0 Å². The Bertz CT molecular complexity index is 938. The Kier molecular flexibility index (Phi) is 6.80. The highest BCUT2D eigenvalue weighted by Gasteiger charge is 2.31. The van der Waals surface area contributed by atoms with Crippen LogP contribution in [-0.2, 0) is 4.79 Å². The van der Waals surface area contributed by atoms with Crippen LogP contribution in [0, 0.1) is 0 Å². The van der Waals surface area contributed by atoms with E-state index in [2.05, 4.69) is 49.5 Å². The molecule has 0 fully saturated rings. The number of imide groups is 1. The van der Waals surface area contributed by atoms with Gasteiger partial charge in [0.05, 0.1) is 4.88 Å². The Morgan fingerprint density at radius 3 is 2.10 bits per heavy atom. The molecule has 3 rings (SSSR count). The van der Waals surface area contributed by atoms with Gasteiger partial charge in [-0.05, 0) is 22.9 Å². The molecule has 0 bridgehead atoms. The second kappa shape index (κ2) is 9.49. The molecular weight excluding hydrogens is 382 g/mol. The molecule has 0 unspecified atom stereocenters. The van der Waals surface area contributed by atoms with E-state index in [1.165, 1.54) is 5.56 Å². The maximum absolute atomic E-state index is 12.8. The van der Waals surface area contributed by atoms with Gasteiger partial charge in [0.15, 0.2) is 6.04 Å². The fraction of sp³-hybridized carbons (Fsp3) is 0.217. The number of primary amides is 1. The van der Waals surface area contributed by atoms with Crippen LogP contribution in [0.5, 0.6) is 0 Å². The average molecular weight is 409 g/mol. The largest absolute Gasteiger partial charge is 0.351 e. The molecule has 5 N–H and O–H groups in total. The molecule has 5 nitrogen and oxygen atoms in total. The summed E-state index contributed by atoms with van der Waals surface area (Å²) in [5, 5.41) is 6.26. The molecule has 150 valence electrons. The number of nitrogens with one attached hydrogen (secondary N) is 1. The van der Waals surface area contributed by atoms with Gasteiger partial charge in [-0.2, -0.15) is 0 Å². The van der Waals surface area contributed by atoms with Crippen molar-refractivity contribution in [1.29, 1.82) is 0 Å². The van der Waals surface area contributed by atoms with Gasteiger partial charge < -0.3 is 11.1 Å². The first-order chi connectivity index (χ1) is 14.0. The van der Waals surface area contributed by atoms with Gasteiger partial charge in [-0.1, -0.05) is 74.5 Å². The SMILES string of the molecule is CC(C)c1ccc([C@H]([NH2+][C@@H](C(=O)NC(N)=O)c2ccccc2)c2cccs2)cc1. The molecule has 1 heterocycles. The Hall–Kier alpha value is -2.96. The minimum atomic E-state index is -0.849. The van der Waals surface area contributed by atoms with Crippen LogP contribution >= 0.6 is 11.3 Å². The van der Waals surface area contributed by atoms with Gasteiger partial charge in [-0.25, -0.2) is 4.79 Å². The summed E-state index contributed by atoms with van der Waals surface area (Å²) >= 11 is 1.64. The van der Waals surface area contributed by atoms with Crippen molar-refractivity contribution in [3.05, 3.63) is 93.7 Å². The molecule has 29 heavy (non-hydrogen) atoms. The zero-order valence-corrected chi connectivity index (χ0v) is 17.4. The maximum Gasteiger partial charge on any atom is 0.319 e. The number of quaternary nitrogens is 1. The fourth-order valence-electron chi connectivity index (χ4n) is 3.33. The minimum Gasteiger partial charge on any atom is -0.351 e. The molecule has 0 aliphatic heterocycles. The second-order valence-corrected chi connectivity index (χ2v) is 8.23. The molecule has 0 spiro atoms.